The lowest BCUT2D eigenvalue weighted by Gasteiger charge is -2.11. The van der Waals surface area contributed by atoms with E-state index in [9.17, 15) is 4.39 Å². The fourth-order valence-corrected chi connectivity index (χ4v) is 2.32. The van der Waals surface area contributed by atoms with Crippen LogP contribution in [-0.4, -0.2) is 36.0 Å². The van der Waals surface area contributed by atoms with E-state index in [1.165, 1.54) is 12.1 Å². The normalized spacial score (nSPS) is 10.8. The fourth-order valence-electron chi connectivity index (χ4n) is 2.01. The van der Waals surface area contributed by atoms with Gasteiger partial charge in [-0.15, -0.1) is 24.0 Å². The molecule has 142 valence electrons. The molecule has 1 heterocycles. The van der Waals surface area contributed by atoms with Crippen LogP contribution in [0, 0.1) is 5.82 Å². The topological polar surface area (TPSA) is 58.5 Å². The number of thioether (sulfide) groups is 1. The number of nitrogens with one attached hydrogen (secondary N) is 2. The van der Waals surface area contributed by atoms with E-state index in [0.29, 0.717) is 18.2 Å². The van der Waals surface area contributed by atoms with Crippen molar-refractivity contribution in [1.82, 2.24) is 15.6 Å². The van der Waals surface area contributed by atoms with Crippen LogP contribution in [0.5, 0.6) is 11.6 Å². The molecule has 0 aliphatic heterocycles. The highest BCUT2D eigenvalue weighted by molar-refractivity contribution is 14.0. The number of nitrogens with zero attached hydrogens (tertiary/aromatic N) is 2. The highest BCUT2D eigenvalue weighted by atomic mass is 127. The van der Waals surface area contributed by atoms with E-state index >= 15 is 0 Å². The maximum atomic E-state index is 12.9. The third-order valence-corrected chi connectivity index (χ3v) is 3.81. The number of rotatable bonds is 8. The summed E-state index contributed by atoms with van der Waals surface area (Å²) in [5.41, 5.74) is 0.981. The van der Waals surface area contributed by atoms with Crippen LogP contribution in [0.3, 0.4) is 0 Å². The monoisotopic (exact) mass is 490 g/mol. The van der Waals surface area contributed by atoms with Crippen molar-refractivity contribution >= 4 is 41.7 Å². The second-order valence-electron chi connectivity index (χ2n) is 5.17. The summed E-state index contributed by atoms with van der Waals surface area (Å²) in [6, 6.07) is 9.57. The molecule has 0 aliphatic carbocycles. The van der Waals surface area contributed by atoms with Gasteiger partial charge in [0.2, 0.25) is 5.88 Å². The number of pyridine rings is 1. The lowest BCUT2D eigenvalue weighted by molar-refractivity contribution is 0.460. The largest absolute Gasteiger partial charge is 0.439 e. The van der Waals surface area contributed by atoms with E-state index in [-0.39, 0.29) is 29.8 Å². The molecule has 0 fully saturated rings. The molecule has 0 amide bonds. The van der Waals surface area contributed by atoms with Gasteiger partial charge in [-0.1, -0.05) is 0 Å². The van der Waals surface area contributed by atoms with E-state index in [2.05, 4.69) is 26.9 Å². The van der Waals surface area contributed by atoms with Crippen LogP contribution >= 0.6 is 35.7 Å². The van der Waals surface area contributed by atoms with Crippen molar-refractivity contribution in [2.45, 2.75) is 13.5 Å². The number of aliphatic imine (C=N–C) groups is 1. The second-order valence-corrected chi connectivity index (χ2v) is 6.16. The molecular formula is C18H24FIN4OS. The van der Waals surface area contributed by atoms with Gasteiger partial charge in [-0.3, -0.25) is 0 Å². The summed E-state index contributed by atoms with van der Waals surface area (Å²) in [5.74, 6) is 2.51. The van der Waals surface area contributed by atoms with Crippen molar-refractivity contribution in [3.05, 3.63) is 54.0 Å². The van der Waals surface area contributed by atoms with Crippen LogP contribution in [0.25, 0.3) is 0 Å². The average Bonchev–Trinajstić information content (AvgIpc) is 2.62. The first-order valence-electron chi connectivity index (χ1n) is 8.10. The highest BCUT2D eigenvalue weighted by Gasteiger charge is 2.02. The second kappa shape index (κ2) is 12.7. The summed E-state index contributed by atoms with van der Waals surface area (Å²) >= 11 is 1.79. The maximum Gasteiger partial charge on any atom is 0.219 e. The Hall–Kier alpha value is -1.55. The van der Waals surface area contributed by atoms with Gasteiger partial charge in [0.05, 0.1) is 6.54 Å². The molecule has 2 aromatic rings. The predicted molar refractivity (Wildman–Crippen MR) is 117 cm³/mol. The minimum atomic E-state index is -0.298. The first kappa shape index (κ1) is 22.5. The van der Waals surface area contributed by atoms with Crippen LogP contribution < -0.4 is 15.4 Å². The van der Waals surface area contributed by atoms with Crippen molar-refractivity contribution in [3.63, 3.8) is 0 Å². The van der Waals surface area contributed by atoms with Gasteiger partial charge >= 0.3 is 0 Å². The van der Waals surface area contributed by atoms with Crippen molar-refractivity contribution in [3.8, 4) is 11.6 Å². The van der Waals surface area contributed by atoms with Crippen LogP contribution in [-0.2, 0) is 6.54 Å². The molecule has 0 atom stereocenters. The van der Waals surface area contributed by atoms with Crippen molar-refractivity contribution in [2.75, 3.05) is 25.1 Å². The Balaban J connectivity index is 0.00000338. The molecular weight excluding hydrogens is 466 g/mol. The molecule has 1 aromatic heterocycles. The molecule has 5 nitrogen and oxygen atoms in total. The molecule has 26 heavy (non-hydrogen) atoms. The Labute approximate surface area is 175 Å². The number of hydrogen-bond donors (Lipinski definition) is 2. The Bertz CT molecular complexity index is 685. The van der Waals surface area contributed by atoms with E-state index < -0.39 is 0 Å². The molecule has 0 bridgehead atoms. The number of guanidine groups is 1. The average molecular weight is 490 g/mol. The van der Waals surface area contributed by atoms with Crippen LogP contribution in [0.1, 0.15) is 12.5 Å². The first-order valence-corrected chi connectivity index (χ1v) is 9.50. The van der Waals surface area contributed by atoms with Crippen molar-refractivity contribution < 1.29 is 9.13 Å². The minimum Gasteiger partial charge on any atom is -0.439 e. The van der Waals surface area contributed by atoms with Gasteiger partial charge in [0, 0.05) is 31.1 Å². The van der Waals surface area contributed by atoms with Crippen molar-refractivity contribution in [1.29, 1.82) is 0 Å². The van der Waals surface area contributed by atoms with E-state index in [4.69, 9.17) is 4.74 Å². The van der Waals surface area contributed by atoms with Gasteiger partial charge in [-0.2, -0.15) is 11.8 Å². The van der Waals surface area contributed by atoms with Gasteiger partial charge in [0.1, 0.15) is 11.6 Å². The first-order chi connectivity index (χ1) is 12.2. The van der Waals surface area contributed by atoms with Crippen LogP contribution in [0.15, 0.2) is 47.6 Å². The van der Waals surface area contributed by atoms with Gasteiger partial charge in [-0.25, -0.2) is 14.4 Å². The number of halogens is 2. The number of hydrogen-bond acceptors (Lipinski definition) is 4. The molecule has 0 radical (unpaired) electrons. The Morgan fingerprint density at radius 1 is 1.23 bits per heavy atom. The summed E-state index contributed by atoms with van der Waals surface area (Å²) < 4.78 is 18.6. The smallest absolute Gasteiger partial charge is 0.219 e. The lowest BCUT2D eigenvalue weighted by Crippen LogP contribution is -2.38. The summed E-state index contributed by atoms with van der Waals surface area (Å²) in [5, 5.41) is 6.51. The Morgan fingerprint density at radius 2 is 2.00 bits per heavy atom. The van der Waals surface area contributed by atoms with Crippen LogP contribution in [0.4, 0.5) is 4.39 Å². The zero-order valence-electron chi connectivity index (χ0n) is 14.9. The number of aromatic nitrogens is 1. The third-order valence-electron chi connectivity index (χ3n) is 3.20. The molecule has 0 aliphatic rings. The van der Waals surface area contributed by atoms with Crippen LogP contribution in [0.2, 0.25) is 0 Å². The zero-order chi connectivity index (χ0) is 17.9. The quantitative estimate of drug-likeness (QED) is 0.253. The number of benzene rings is 1. The van der Waals surface area contributed by atoms with E-state index in [0.717, 1.165) is 30.4 Å². The van der Waals surface area contributed by atoms with Gasteiger partial charge < -0.3 is 15.4 Å². The third kappa shape index (κ3) is 8.22. The zero-order valence-corrected chi connectivity index (χ0v) is 18.0. The van der Waals surface area contributed by atoms with Crippen molar-refractivity contribution in [2.24, 2.45) is 4.99 Å². The SMILES string of the molecule is CCNC(=NCc1ccnc(Oc2ccc(F)cc2)c1)NCCSC.I. The van der Waals surface area contributed by atoms with Gasteiger partial charge in [0.25, 0.3) is 0 Å². The Morgan fingerprint density at radius 3 is 2.69 bits per heavy atom. The van der Waals surface area contributed by atoms with E-state index in [1.54, 1.807) is 30.1 Å². The summed E-state index contributed by atoms with van der Waals surface area (Å²) in [7, 11) is 0. The summed E-state index contributed by atoms with van der Waals surface area (Å²) in [4.78, 5) is 8.75. The summed E-state index contributed by atoms with van der Waals surface area (Å²) in [6.45, 7) is 4.21. The highest BCUT2D eigenvalue weighted by Crippen LogP contribution is 2.20. The number of ether oxygens (including phenoxy) is 1. The molecule has 8 heteroatoms. The van der Waals surface area contributed by atoms with Gasteiger partial charge in [0.15, 0.2) is 5.96 Å². The standard InChI is InChI=1S/C18H23FN4OS.HI/c1-3-20-18(22-10-11-25-2)23-13-14-8-9-21-17(12-14)24-16-6-4-15(19)5-7-16;/h4-9,12H,3,10-11,13H2,1-2H3,(H2,20,22,23);1H. The fraction of sp³-hybridized carbons (Fsp3) is 0.333. The predicted octanol–water partition coefficient (Wildman–Crippen LogP) is 4.05. The molecule has 1 aromatic carbocycles. The molecule has 2 N–H and O–H groups in total. The molecule has 0 spiro atoms. The minimum absolute atomic E-state index is 0. The molecule has 0 saturated heterocycles. The summed E-state index contributed by atoms with van der Waals surface area (Å²) in [6.07, 6.45) is 3.75. The van der Waals surface area contributed by atoms with E-state index in [1.807, 2.05) is 19.1 Å². The molecule has 0 unspecified atom stereocenters. The maximum absolute atomic E-state index is 12.9. The Kier molecular flexibility index (Phi) is 11.0. The van der Waals surface area contributed by atoms with Gasteiger partial charge in [-0.05, 0) is 49.1 Å². The molecule has 2 rings (SSSR count). The lowest BCUT2D eigenvalue weighted by atomic mass is 10.2. The molecule has 0 saturated carbocycles.